The molecule has 0 radical (unpaired) electrons. The topological polar surface area (TPSA) is 26.0 Å². The lowest BCUT2D eigenvalue weighted by Crippen LogP contribution is -2.32. The van der Waals surface area contributed by atoms with Crippen molar-refractivity contribution in [2.24, 2.45) is 5.73 Å². The Balaban J connectivity index is 3.16. The van der Waals surface area contributed by atoms with Crippen LogP contribution in [-0.2, 0) is 5.54 Å². The van der Waals surface area contributed by atoms with Crippen molar-refractivity contribution in [2.75, 3.05) is 0 Å². The van der Waals surface area contributed by atoms with Crippen LogP contribution in [0.2, 0.25) is 10.0 Å². The fraction of sp³-hybridized carbons (Fsp3) is 0.400. The highest BCUT2D eigenvalue weighted by atomic mass is 35.5. The van der Waals surface area contributed by atoms with Crippen molar-refractivity contribution in [3.8, 4) is 0 Å². The molecule has 0 saturated heterocycles. The molecule has 0 aliphatic carbocycles. The number of hydrogen-bond donors (Lipinski definition) is 1. The van der Waals surface area contributed by atoms with Crippen molar-refractivity contribution in [3.05, 3.63) is 33.8 Å². The number of nitrogens with two attached hydrogens (primary N) is 1. The van der Waals surface area contributed by atoms with Gasteiger partial charge in [0, 0.05) is 15.6 Å². The molecule has 13 heavy (non-hydrogen) atoms. The summed E-state index contributed by atoms with van der Waals surface area (Å²) in [5.41, 5.74) is 6.63. The monoisotopic (exact) mass is 217 g/mol. The Morgan fingerprint density at radius 2 is 2.00 bits per heavy atom. The number of rotatable bonds is 2. The highest BCUT2D eigenvalue weighted by molar-refractivity contribution is 6.35. The van der Waals surface area contributed by atoms with Gasteiger partial charge in [-0.3, -0.25) is 0 Å². The molecule has 1 aromatic carbocycles. The van der Waals surface area contributed by atoms with Crippen molar-refractivity contribution in [2.45, 2.75) is 25.8 Å². The van der Waals surface area contributed by atoms with Crippen LogP contribution < -0.4 is 5.73 Å². The van der Waals surface area contributed by atoms with Gasteiger partial charge in [0.2, 0.25) is 0 Å². The largest absolute Gasteiger partial charge is 0.322 e. The molecule has 1 nitrogen and oxygen atoms in total. The van der Waals surface area contributed by atoms with E-state index in [-0.39, 0.29) is 5.54 Å². The Morgan fingerprint density at radius 1 is 1.38 bits per heavy atom. The third-order valence-corrected chi connectivity index (χ3v) is 2.83. The summed E-state index contributed by atoms with van der Waals surface area (Å²) in [4.78, 5) is 0. The summed E-state index contributed by atoms with van der Waals surface area (Å²) < 4.78 is 0. The first kappa shape index (κ1) is 10.8. The molecule has 0 aliphatic heterocycles. The van der Waals surface area contributed by atoms with Crippen molar-refractivity contribution >= 4 is 23.2 Å². The summed E-state index contributed by atoms with van der Waals surface area (Å²) in [5, 5.41) is 1.28. The predicted molar refractivity (Wildman–Crippen MR) is 58.3 cm³/mol. The molecule has 0 fully saturated rings. The van der Waals surface area contributed by atoms with Crippen LogP contribution in [0.3, 0.4) is 0 Å². The first-order chi connectivity index (χ1) is 5.97. The van der Waals surface area contributed by atoms with Gasteiger partial charge in [-0.15, -0.1) is 0 Å². The lowest BCUT2D eigenvalue weighted by Gasteiger charge is -2.24. The third kappa shape index (κ3) is 2.37. The number of benzene rings is 1. The Morgan fingerprint density at radius 3 is 2.46 bits per heavy atom. The lowest BCUT2D eigenvalue weighted by atomic mass is 9.91. The fourth-order valence-corrected chi connectivity index (χ4v) is 1.77. The molecule has 1 aromatic rings. The average molecular weight is 218 g/mol. The van der Waals surface area contributed by atoms with Crippen LogP contribution >= 0.6 is 23.2 Å². The minimum atomic E-state index is -0.373. The maximum Gasteiger partial charge on any atom is 0.0471 e. The van der Waals surface area contributed by atoms with E-state index >= 15 is 0 Å². The number of halogens is 2. The van der Waals surface area contributed by atoms with Crippen molar-refractivity contribution in [1.82, 2.24) is 0 Å². The Bertz CT molecular complexity index is 308. The lowest BCUT2D eigenvalue weighted by molar-refractivity contribution is 0.477. The minimum Gasteiger partial charge on any atom is -0.322 e. The van der Waals surface area contributed by atoms with Crippen molar-refractivity contribution < 1.29 is 0 Å². The summed E-state index contributed by atoms with van der Waals surface area (Å²) in [6.45, 7) is 3.99. The minimum absolute atomic E-state index is 0.373. The summed E-state index contributed by atoms with van der Waals surface area (Å²) >= 11 is 11.8. The number of hydrogen-bond acceptors (Lipinski definition) is 1. The second-order valence-electron chi connectivity index (χ2n) is 3.40. The van der Waals surface area contributed by atoms with Gasteiger partial charge in [0.25, 0.3) is 0 Å². The van der Waals surface area contributed by atoms with Crippen LogP contribution in [0, 0.1) is 0 Å². The first-order valence-electron chi connectivity index (χ1n) is 4.22. The van der Waals surface area contributed by atoms with E-state index in [1.165, 1.54) is 0 Å². The van der Waals surface area contributed by atoms with Gasteiger partial charge in [-0.2, -0.15) is 0 Å². The predicted octanol–water partition coefficient (Wildman–Crippen LogP) is 3.58. The smallest absolute Gasteiger partial charge is 0.0471 e. The molecule has 0 aliphatic rings. The second kappa shape index (κ2) is 3.87. The summed E-state index contributed by atoms with van der Waals surface area (Å²) in [6, 6.07) is 5.41. The average Bonchev–Trinajstić information content (AvgIpc) is 2.03. The molecule has 0 unspecified atom stereocenters. The zero-order valence-corrected chi connectivity index (χ0v) is 9.28. The third-order valence-electron chi connectivity index (χ3n) is 2.28. The molecule has 1 rings (SSSR count). The molecule has 0 bridgehead atoms. The highest BCUT2D eigenvalue weighted by Crippen LogP contribution is 2.30. The molecule has 0 spiro atoms. The van der Waals surface area contributed by atoms with E-state index in [2.05, 4.69) is 0 Å². The summed E-state index contributed by atoms with van der Waals surface area (Å²) in [7, 11) is 0. The maximum absolute atomic E-state index is 6.06. The van der Waals surface area contributed by atoms with Gasteiger partial charge in [-0.25, -0.2) is 0 Å². The van der Waals surface area contributed by atoms with Crippen LogP contribution in [0.4, 0.5) is 0 Å². The van der Waals surface area contributed by atoms with Crippen LogP contribution in [-0.4, -0.2) is 0 Å². The maximum atomic E-state index is 6.06. The van der Waals surface area contributed by atoms with E-state index in [1.54, 1.807) is 6.07 Å². The molecule has 1 atom stereocenters. The zero-order valence-electron chi connectivity index (χ0n) is 7.77. The van der Waals surface area contributed by atoms with Crippen LogP contribution in [0.25, 0.3) is 0 Å². The molecule has 0 heterocycles. The Labute approximate surface area is 88.8 Å². The molecular weight excluding hydrogens is 205 g/mol. The zero-order chi connectivity index (χ0) is 10.1. The molecule has 72 valence electrons. The van der Waals surface area contributed by atoms with E-state index in [0.717, 1.165) is 12.0 Å². The molecule has 3 heteroatoms. The van der Waals surface area contributed by atoms with Crippen molar-refractivity contribution in [3.63, 3.8) is 0 Å². The van der Waals surface area contributed by atoms with Gasteiger partial charge in [-0.1, -0.05) is 36.2 Å². The van der Waals surface area contributed by atoms with Gasteiger partial charge in [0.1, 0.15) is 0 Å². The van der Waals surface area contributed by atoms with E-state index in [4.69, 9.17) is 28.9 Å². The van der Waals surface area contributed by atoms with Crippen LogP contribution in [0.1, 0.15) is 25.8 Å². The van der Waals surface area contributed by atoms with E-state index in [9.17, 15) is 0 Å². The second-order valence-corrected chi connectivity index (χ2v) is 4.24. The molecular formula is C10H13Cl2N. The fourth-order valence-electron chi connectivity index (χ4n) is 1.14. The Kier molecular flexibility index (Phi) is 3.23. The molecule has 0 aromatic heterocycles. The molecule has 2 N–H and O–H groups in total. The quantitative estimate of drug-likeness (QED) is 0.806. The highest BCUT2D eigenvalue weighted by Gasteiger charge is 2.21. The van der Waals surface area contributed by atoms with E-state index in [0.29, 0.717) is 10.0 Å². The van der Waals surface area contributed by atoms with Crippen molar-refractivity contribution in [1.29, 1.82) is 0 Å². The molecule has 0 amide bonds. The van der Waals surface area contributed by atoms with Crippen LogP contribution in [0.5, 0.6) is 0 Å². The van der Waals surface area contributed by atoms with Gasteiger partial charge in [0.15, 0.2) is 0 Å². The van der Waals surface area contributed by atoms with Gasteiger partial charge in [0.05, 0.1) is 0 Å². The van der Waals surface area contributed by atoms with E-state index < -0.39 is 0 Å². The van der Waals surface area contributed by atoms with Gasteiger partial charge in [-0.05, 0) is 31.0 Å². The normalized spacial score (nSPS) is 15.5. The standard InChI is InChI=1S/C10H13Cl2N/c1-3-10(2,13)8-5-4-7(11)6-9(8)12/h4-6H,3,13H2,1-2H3/t10-/m1/s1. The molecule has 0 saturated carbocycles. The van der Waals surface area contributed by atoms with Gasteiger partial charge >= 0.3 is 0 Å². The summed E-state index contributed by atoms with van der Waals surface area (Å²) in [5.74, 6) is 0. The SMILES string of the molecule is CC[C@@](C)(N)c1ccc(Cl)cc1Cl. The first-order valence-corrected chi connectivity index (χ1v) is 4.97. The Hall–Kier alpha value is -0.240. The van der Waals surface area contributed by atoms with E-state index in [1.807, 2.05) is 26.0 Å². The van der Waals surface area contributed by atoms with Crippen LogP contribution in [0.15, 0.2) is 18.2 Å². The van der Waals surface area contributed by atoms with Gasteiger partial charge < -0.3 is 5.73 Å². The summed E-state index contributed by atoms with van der Waals surface area (Å²) in [6.07, 6.45) is 0.842.